The number of nitro groups is 1. The molecule has 0 N–H and O–H groups in total. The Morgan fingerprint density at radius 1 is 1.27 bits per heavy atom. The Morgan fingerprint density at radius 2 is 1.95 bits per heavy atom. The standard InChI is InChI=1S/C16H20N4O2/c1-18-12-17-16(20(21)22)15(18)11-19-9-7-14(8-10-19)13-5-3-2-4-6-13/h2-6,12,14H,7-11H2,1H3. The topological polar surface area (TPSA) is 64.2 Å². The fraction of sp³-hybridized carbons (Fsp3) is 0.438. The molecule has 1 aromatic heterocycles. The molecule has 6 heteroatoms. The summed E-state index contributed by atoms with van der Waals surface area (Å²) in [6, 6.07) is 10.6. The van der Waals surface area contributed by atoms with Crippen LogP contribution >= 0.6 is 0 Å². The third-order valence-corrected chi connectivity index (χ3v) is 4.44. The van der Waals surface area contributed by atoms with Crippen molar-refractivity contribution in [1.29, 1.82) is 0 Å². The number of aromatic nitrogens is 2. The van der Waals surface area contributed by atoms with Crippen molar-refractivity contribution in [1.82, 2.24) is 14.5 Å². The molecule has 2 heterocycles. The highest BCUT2D eigenvalue weighted by Crippen LogP contribution is 2.29. The van der Waals surface area contributed by atoms with Gasteiger partial charge in [0.15, 0.2) is 0 Å². The van der Waals surface area contributed by atoms with Crippen LogP contribution in [0.5, 0.6) is 0 Å². The summed E-state index contributed by atoms with van der Waals surface area (Å²) in [5, 5.41) is 11.0. The van der Waals surface area contributed by atoms with Gasteiger partial charge in [-0.25, -0.2) is 0 Å². The van der Waals surface area contributed by atoms with Gasteiger partial charge in [0.25, 0.3) is 0 Å². The maximum atomic E-state index is 11.0. The predicted octanol–water partition coefficient (Wildman–Crippen LogP) is 2.71. The van der Waals surface area contributed by atoms with E-state index in [-0.39, 0.29) is 5.82 Å². The lowest BCUT2D eigenvalue weighted by atomic mass is 9.89. The molecule has 1 aromatic carbocycles. The van der Waals surface area contributed by atoms with Crippen LogP contribution in [0.2, 0.25) is 0 Å². The summed E-state index contributed by atoms with van der Waals surface area (Å²) in [4.78, 5) is 16.8. The molecule has 6 nitrogen and oxygen atoms in total. The van der Waals surface area contributed by atoms with Gasteiger partial charge in [-0.1, -0.05) is 30.3 Å². The lowest BCUT2D eigenvalue weighted by molar-refractivity contribution is -0.390. The smallest absolute Gasteiger partial charge is 0.358 e. The number of piperidine rings is 1. The molecule has 2 aromatic rings. The molecule has 22 heavy (non-hydrogen) atoms. The highest BCUT2D eigenvalue weighted by atomic mass is 16.6. The minimum Gasteiger partial charge on any atom is -0.358 e. The van der Waals surface area contributed by atoms with Crippen LogP contribution in [0.4, 0.5) is 5.82 Å². The van der Waals surface area contributed by atoms with E-state index in [4.69, 9.17) is 0 Å². The van der Waals surface area contributed by atoms with Crippen LogP contribution in [0, 0.1) is 10.1 Å². The van der Waals surface area contributed by atoms with Crippen molar-refractivity contribution in [3.63, 3.8) is 0 Å². The second kappa shape index (κ2) is 6.27. The molecule has 0 saturated carbocycles. The van der Waals surface area contributed by atoms with Crippen LogP contribution in [0.25, 0.3) is 0 Å². The summed E-state index contributed by atoms with van der Waals surface area (Å²) in [7, 11) is 1.81. The van der Waals surface area contributed by atoms with Crippen molar-refractivity contribution in [3.05, 3.63) is 58.0 Å². The Hall–Kier alpha value is -2.21. The van der Waals surface area contributed by atoms with Crippen molar-refractivity contribution in [2.24, 2.45) is 7.05 Å². The second-order valence-corrected chi connectivity index (χ2v) is 5.84. The molecule has 1 aliphatic rings. The predicted molar refractivity (Wildman–Crippen MR) is 83.6 cm³/mol. The maximum Gasteiger partial charge on any atom is 0.386 e. The maximum absolute atomic E-state index is 11.0. The minimum absolute atomic E-state index is 0.0207. The number of hydrogen-bond donors (Lipinski definition) is 0. The van der Waals surface area contributed by atoms with Crippen LogP contribution in [0.1, 0.15) is 30.0 Å². The SMILES string of the molecule is Cn1cnc([N+](=O)[O-])c1CN1CCC(c2ccccc2)CC1. The van der Waals surface area contributed by atoms with Gasteiger partial charge in [0.1, 0.15) is 5.69 Å². The fourth-order valence-electron chi connectivity index (χ4n) is 3.14. The summed E-state index contributed by atoms with van der Waals surface area (Å²) < 4.78 is 1.75. The Bertz CT molecular complexity index is 645. The minimum atomic E-state index is -0.397. The van der Waals surface area contributed by atoms with E-state index in [1.807, 2.05) is 13.1 Å². The van der Waals surface area contributed by atoms with Crippen LogP contribution in [0.15, 0.2) is 36.7 Å². The quantitative estimate of drug-likeness (QED) is 0.643. The number of hydrogen-bond acceptors (Lipinski definition) is 4. The molecule has 116 valence electrons. The highest BCUT2D eigenvalue weighted by Gasteiger charge is 2.25. The van der Waals surface area contributed by atoms with Gasteiger partial charge in [0, 0.05) is 13.6 Å². The van der Waals surface area contributed by atoms with E-state index in [2.05, 4.69) is 34.1 Å². The average Bonchev–Trinajstić information content (AvgIpc) is 2.90. The van der Waals surface area contributed by atoms with Gasteiger partial charge < -0.3 is 14.7 Å². The number of imidazole rings is 1. The van der Waals surface area contributed by atoms with E-state index in [1.54, 1.807) is 4.57 Å². The van der Waals surface area contributed by atoms with Gasteiger partial charge in [0.2, 0.25) is 6.33 Å². The summed E-state index contributed by atoms with van der Waals surface area (Å²) in [6.45, 7) is 2.51. The van der Waals surface area contributed by atoms with E-state index in [9.17, 15) is 10.1 Å². The first kappa shape index (κ1) is 14.7. The van der Waals surface area contributed by atoms with Gasteiger partial charge in [-0.2, -0.15) is 0 Å². The van der Waals surface area contributed by atoms with Gasteiger partial charge in [-0.05, 0) is 47.3 Å². The van der Waals surface area contributed by atoms with Crippen molar-refractivity contribution in [2.45, 2.75) is 25.3 Å². The fourth-order valence-corrected chi connectivity index (χ4v) is 3.14. The molecule has 0 atom stereocenters. The van der Waals surface area contributed by atoms with Crippen molar-refractivity contribution >= 4 is 5.82 Å². The van der Waals surface area contributed by atoms with E-state index >= 15 is 0 Å². The Balaban J connectivity index is 1.63. The Labute approximate surface area is 129 Å². The molecule has 0 amide bonds. The van der Waals surface area contributed by atoms with Crippen LogP contribution in [-0.2, 0) is 13.6 Å². The zero-order valence-electron chi connectivity index (χ0n) is 12.7. The van der Waals surface area contributed by atoms with E-state index in [1.165, 1.54) is 11.9 Å². The monoisotopic (exact) mass is 300 g/mol. The van der Waals surface area contributed by atoms with E-state index in [0.717, 1.165) is 25.9 Å². The average molecular weight is 300 g/mol. The molecule has 0 aliphatic carbocycles. The van der Waals surface area contributed by atoms with Crippen molar-refractivity contribution < 1.29 is 4.92 Å². The molecule has 1 fully saturated rings. The van der Waals surface area contributed by atoms with E-state index in [0.29, 0.717) is 18.2 Å². The summed E-state index contributed by atoms with van der Waals surface area (Å²) >= 11 is 0. The first-order chi connectivity index (χ1) is 10.6. The lowest BCUT2D eigenvalue weighted by Gasteiger charge is -2.31. The number of benzene rings is 1. The molecule has 0 unspecified atom stereocenters. The molecule has 3 rings (SSSR count). The number of likely N-dealkylation sites (tertiary alicyclic amines) is 1. The molecule has 0 radical (unpaired) electrons. The van der Waals surface area contributed by atoms with Gasteiger partial charge in [-0.15, -0.1) is 0 Å². The molecule has 0 spiro atoms. The van der Waals surface area contributed by atoms with Crippen LogP contribution < -0.4 is 0 Å². The van der Waals surface area contributed by atoms with Crippen LogP contribution in [0.3, 0.4) is 0 Å². The first-order valence-corrected chi connectivity index (χ1v) is 7.57. The third kappa shape index (κ3) is 3.01. The largest absolute Gasteiger partial charge is 0.386 e. The summed E-state index contributed by atoms with van der Waals surface area (Å²) in [5.74, 6) is 0.576. The number of aryl methyl sites for hydroxylation is 1. The molecular formula is C16H20N4O2. The second-order valence-electron chi connectivity index (χ2n) is 5.84. The normalized spacial score (nSPS) is 16.8. The third-order valence-electron chi connectivity index (χ3n) is 4.44. The van der Waals surface area contributed by atoms with E-state index < -0.39 is 4.92 Å². The zero-order valence-corrected chi connectivity index (χ0v) is 12.7. The molecule has 1 saturated heterocycles. The first-order valence-electron chi connectivity index (χ1n) is 7.57. The number of nitrogens with zero attached hydrogens (tertiary/aromatic N) is 4. The van der Waals surface area contributed by atoms with Gasteiger partial charge in [0.05, 0.1) is 0 Å². The van der Waals surface area contributed by atoms with Crippen molar-refractivity contribution in [3.8, 4) is 0 Å². The number of rotatable bonds is 4. The van der Waals surface area contributed by atoms with Crippen LogP contribution in [-0.4, -0.2) is 32.5 Å². The lowest BCUT2D eigenvalue weighted by Crippen LogP contribution is -2.33. The highest BCUT2D eigenvalue weighted by molar-refractivity contribution is 5.27. The van der Waals surface area contributed by atoms with Crippen molar-refractivity contribution in [2.75, 3.05) is 13.1 Å². The van der Waals surface area contributed by atoms with Gasteiger partial charge in [-0.3, -0.25) is 4.90 Å². The van der Waals surface area contributed by atoms with Gasteiger partial charge >= 0.3 is 5.82 Å². The summed E-state index contributed by atoms with van der Waals surface area (Å²) in [5.41, 5.74) is 2.08. The molecular weight excluding hydrogens is 280 g/mol. The molecule has 1 aliphatic heterocycles. The zero-order chi connectivity index (χ0) is 15.5. The summed E-state index contributed by atoms with van der Waals surface area (Å²) in [6.07, 6.45) is 3.70. The molecule has 0 bridgehead atoms. The Kier molecular flexibility index (Phi) is 4.20. The Morgan fingerprint density at radius 3 is 2.59 bits per heavy atom.